The predicted molar refractivity (Wildman–Crippen MR) is 70.0 cm³/mol. The van der Waals surface area contributed by atoms with Crippen molar-refractivity contribution in [3.8, 4) is 0 Å². The molecular weight excluding hydrogens is 240 g/mol. The lowest BCUT2D eigenvalue weighted by molar-refractivity contribution is -0.122. The lowest BCUT2D eigenvalue weighted by Crippen LogP contribution is -2.48. The van der Waals surface area contributed by atoms with Crippen LogP contribution in [0.25, 0.3) is 0 Å². The molecule has 5 heteroatoms. The molecule has 0 saturated carbocycles. The Hall–Kier alpha value is -0.520. The molecule has 1 saturated heterocycles. The number of hydrogen-bond acceptors (Lipinski definition) is 4. The van der Waals surface area contributed by atoms with Crippen molar-refractivity contribution in [1.29, 1.82) is 0 Å². The van der Waals surface area contributed by atoms with Gasteiger partial charge in [0.25, 0.3) is 0 Å². The summed E-state index contributed by atoms with van der Waals surface area (Å²) in [6, 6.07) is 4.14. The average molecular weight is 256 g/mol. The van der Waals surface area contributed by atoms with E-state index < -0.39 is 0 Å². The van der Waals surface area contributed by atoms with Crippen molar-refractivity contribution < 1.29 is 4.79 Å². The van der Waals surface area contributed by atoms with Crippen molar-refractivity contribution in [2.24, 2.45) is 0 Å². The van der Waals surface area contributed by atoms with Gasteiger partial charge in [-0.05, 0) is 19.1 Å². The van der Waals surface area contributed by atoms with Crippen molar-refractivity contribution in [1.82, 2.24) is 10.6 Å². The summed E-state index contributed by atoms with van der Waals surface area (Å²) < 4.78 is 0. The van der Waals surface area contributed by atoms with Gasteiger partial charge in [-0.2, -0.15) is 11.8 Å². The number of carbonyl (C=O) groups excluding carboxylic acids is 1. The molecule has 1 fully saturated rings. The molecule has 0 spiro atoms. The molecule has 0 aromatic carbocycles. The highest BCUT2D eigenvalue weighted by Crippen LogP contribution is 2.14. The number of nitrogens with one attached hydrogen (secondary N) is 2. The van der Waals surface area contributed by atoms with Crippen LogP contribution in [0.2, 0.25) is 0 Å². The Labute approximate surface area is 104 Å². The number of thiophene rings is 1. The van der Waals surface area contributed by atoms with E-state index in [0.717, 1.165) is 18.1 Å². The standard InChI is InChI=1S/C11H16N2OS2/c1-8-2-3-9(16-8)6-13-11(14)10-7-15-5-4-12-10/h2-3,10,12H,4-7H2,1H3,(H,13,14). The molecule has 88 valence electrons. The third-order valence-corrected chi connectivity index (χ3v) is 4.53. The average Bonchev–Trinajstić information content (AvgIpc) is 2.73. The van der Waals surface area contributed by atoms with Gasteiger partial charge < -0.3 is 10.6 Å². The third kappa shape index (κ3) is 3.23. The van der Waals surface area contributed by atoms with Crippen molar-refractivity contribution in [3.05, 3.63) is 21.9 Å². The Balaban J connectivity index is 1.78. The van der Waals surface area contributed by atoms with Gasteiger partial charge in [-0.15, -0.1) is 11.3 Å². The summed E-state index contributed by atoms with van der Waals surface area (Å²) in [5, 5.41) is 6.21. The van der Waals surface area contributed by atoms with Gasteiger partial charge in [-0.25, -0.2) is 0 Å². The fourth-order valence-electron chi connectivity index (χ4n) is 1.61. The van der Waals surface area contributed by atoms with Crippen molar-refractivity contribution in [3.63, 3.8) is 0 Å². The van der Waals surface area contributed by atoms with Gasteiger partial charge in [-0.3, -0.25) is 4.79 Å². The van der Waals surface area contributed by atoms with E-state index in [-0.39, 0.29) is 11.9 Å². The summed E-state index contributed by atoms with van der Waals surface area (Å²) >= 11 is 3.57. The molecular formula is C11H16N2OS2. The zero-order valence-corrected chi connectivity index (χ0v) is 10.9. The maximum atomic E-state index is 11.8. The highest BCUT2D eigenvalue weighted by molar-refractivity contribution is 7.99. The Bertz CT molecular complexity index is 359. The van der Waals surface area contributed by atoms with Crippen LogP contribution in [0.4, 0.5) is 0 Å². The summed E-state index contributed by atoms with van der Waals surface area (Å²) in [6.07, 6.45) is 0. The van der Waals surface area contributed by atoms with Crippen LogP contribution in [0.1, 0.15) is 9.75 Å². The maximum Gasteiger partial charge on any atom is 0.238 e. The Morgan fingerprint density at radius 2 is 2.50 bits per heavy atom. The first-order valence-electron chi connectivity index (χ1n) is 5.40. The monoisotopic (exact) mass is 256 g/mol. The van der Waals surface area contributed by atoms with Crippen molar-refractivity contribution in [2.75, 3.05) is 18.1 Å². The highest BCUT2D eigenvalue weighted by atomic mass is 32.2. The Morgan fingerprint density at radius 3 is 3.12 bits per heavy atom. The van der Waals surface area contributed by atoms with Crippen molar-refractivity contribution >= 4 is 29.0 Å². The van der Waals surface area contributed by atoms with Crippen LogP contribution in [0.3, 0.4) is 0 Å². The molecule has 3 nitrogen and oxygen atoms in total. The molecule has 1 aliphatic rings. The van der Waals surface area contributed by atoms with Crippen molar-refractivity contribution in [2.45, 2.75) is 19.5 Å². The van der Waals surface area contributed by atoms with Crippen LogP contribution in [0.5, 0.6) is 0 Å². The third-order valence-electron chi connectivity index (χ3n) is 2.47. The molecule has 1 amide bonds. The van der Waals surface area contributed by atoms with E-state index in [2.05, 4.69) is 29.7 Å². The van der Waals surface area contributed by atoms with E-state index in [9.17, 15) is 4.79 Å². The SMILES string of the molecule is Cc1ccc(CNC(=O)C2CSCCN2)s1. The summed E-state index contributed by atoms with van der Waals surface area (Å²) in [6.45, 7) is 3.66. The minimum atomic E-state index is -0.0141. The van der Waals surface area contributed by atoms with Gasteiger partial charge >= 0.3 is 0 Å². The van der Waals surface area contributed by atoms with Crippen LogP contribution in [0.15, 0.2) is 12.1 Å². The fourth-order valence-corrected chi connectivity index (χ4v) is 3.38. The molecule has 1 aromatic heterocycles. The number of rotatable bonds is 3. The van der Waals surface area contributed by atoms with Crippen LogP contribution in [-0.2, 0) is 11.3 Å². The quantitative estimate of drug-likeness (QED) is 0.858. The van der Waals surface area contributed by atoms with Crippen LogP contribution >= 0.6 is 23.1 Å². The lowest BCUT2D eigenvalue weighted by atomic mass is 10.3. The molecule has 0 aliphatic carbocycles. The minimum absolute atomic E-state index is 0.0141. The van der Waals surface area contributed by atoms with E-state index >= 15 is 0 Å². The van der Waals surface area contributed by atoms with Crippen LogP contribution in [-0.4, -0.2) is 30.0 Å². The normalized spacial score (nSPS) is 20.7. The van der Waals surface area contributed by atoms with E-state index in [1.165, 1.54) is 9.75 Å². The number of hydrogen-bond donors (Lipinski definition) is 2. The molecule has 2 heterocycles. The summed E-state index contributed by atoms with van der Waals surface area (Å²) in [5.41, 5.74) is 0. The maximum absolute atomic E-state index is 11.8. The van der Waals surface area contributed by atoms with Gasteiger partial charge in [0.1, 0.15) is 0 Å². The first kappa shape index (κ1) is 12.0. The van der Waals surface area contributed by atoms with Gasteiger partial charge in [-0.1, -0.05) is 0 Å². The van der Waals surface area contributed by atoms with Gasteiger partial charge in [0.2, 0.25) is 5.91 Å². The second-order valence-electron chi connectivity index (χ2n) is 3.81. The van der Waals surface area contributed by atoms with Crippen LogP contribution in [0, 0.1) is 6.92 Å². The van der Waals surface area contributed by atoms with E-state index in [1.54, 1.807) is 11.3 Å². The first-order chi connectivity index (χ1) is 7.75. The van der Waals surface area contributed by atoms with Gasteiger partial charge in [0.15, 0.2) is 0 Å². The Morgan fingerprint density at radius 1 is 1.62 bits per heavy atom. The summed E-state index contributed by atoms with van der Waals surface area (Å²) in [5.74, 6) is 2.11. The fraction of sp³-hybridized carbons (Fsp3) is 0.545. The molecule has 0 bridgehead atoms. The lowest BCUT2D eigenvalue weighted by Gasteiger charge is -2.22. The van der Waals surface area contributed by atoms with E-state index in [0.29, 0.717) is 6.54 Å². The minimum Gasteiger partial charge on any atom is -0.350 e. The smallest absolute Gasteiger partial charge is 0.238 e. The van der Waals surface area contributed by atoms with Gasteiger partial charge in [0, 0.05) is 27.8 Å². The topological polar surface area (TPSA) is 41.1 Å². The zero-order valence-electron chi connectivity index (χ0n) is 9.29. The van der Waals surface area contributed by atoms with Gasteiger partial charge in [0.05, 0.1) is 12.6 Å². The molecule has 1 unspecified atom stereocenters. The molecule has 2 rings (SSSR count). The Kier molecular flexibility index (Phi) is 4.26. The molecule has 0 radical (unpaired) electrons. The first-order valence-corrected chi connectivity index (χ1v) is 7.37. The molecule has 1 atom stereocenters. The molecule has 1 aromatic rings. The molecule has 2 N–H and O–H groups in total. The largest absolute Gasteiger partial charge is 0.350 e. The summed E-state index contributed by atoms with van der Waals surface area (Å²) in [7, 11) is 0. The zero-order chi connectivity index (χ0) is 11.4. The van der Waals surface area contributed by atoms with E-state index in [4.69, 9.17) is 0 Å². The number of carbonyl (C=O) groups is 1. The number of thioether (sulfide) groups is 1. The van der Waals surface area contributed by atoms with E-state index in [1.807, 2.05) is 11.8 Å². The molecule has 1 aliphatic heterocycles. The molecule has 16 heavy (non-hydrogen) atoms. The second-order valence-corrected chi connectivity index (χ2v) is 6.33. The summed E-state index contributed by atoms with van der Waals surface area (Å²) in [4.78, 5) is 14.3. The highest BCUT2D eigenvalue weighted by Gasteiger charge is 2.20. The number of amides is 1. The predicted octanol–water partition coefficient (Wildman–Crippen LogP) is 1.38. The number of aryl methyl sites for hydroxylation is 1. The van der Waals surface area contributed by atoms with Crippen LogP contribution < -0.4 is 10.6 Å². The second kappa shape index (κ2) is 5.70.